The molecule has 0 amide bonds. The summed E-state index contributed by atoms with van der Waals surface area (Å²) in [5, 5.41) is 29.5. The summed E-state index contributed by atoms with van der Waals surface area (Å²) in [4.78, 5) is 4.94. The zero-order chi connectivity index (χ0) is 19.7. The Morgan fingerprint density at radius 3 is 2.57 bits per heavy atom. The van der Waals surface area contributed by atoms with Crippen LogP contribution in [0.25, 0.3) is 11.1 Å². The molecule has 7 nitrogen and oxygen atoms in total. The number of rotatable bonds is 3. The molecule has 8 heteroatoms. The van der Waals surface area contributed by atoms with Crippen LogP contribution in [0.5, 0.6) is 17.2 Å². The van der Waals surface area contributed by atoms with Crippen molar-refractivity contribution in [1.82, 2.24) is 4.98 Å². The summed E-state index contributed by atoms with van der Waals surface area (Å²) in [6.45, 7) is 0.117. The Hall–Kier alpha value is -3.88. The van der Waals surface area contributed by atoms with Crippen molar-refractivity contribution in [3.05, 3.63) is 53.6 Å². The number of hydrogen-bond donors (Lipinski definition) is 2. The molecule has 0 aliphatic carbocycles. The SMILES string of the molecule is N#Cc1c(N)nc(Sc2cccc(O)c2)c(C#N)c1-c1ccc2c(c1)OCO2. The third-order valence-electron chi connectivity index (χ3n) is 4.11. The summed E-state index contributed by atoms with van der Waals surface area (Å²) in [5.74, 6) is 1.25. The Balaban J connectivity index is 1.91. The van der Waals surface area contributed by atoms with E-state index in [1.165, 1.54) is 11.8 Å². The molecule has 2 heterocycles. The van der Waals surface area contributed by atoms with E-state index in [-0.39, 0.29) is 29.5 Å². The number of ether oxygens (including phenoxy) is 2. The number of nitrogen functional groups attached to an aromatic ring is 1. The molecule has 0 saturated carbocycles. The number of hydrogen-bond acceptors (Lipinski definition) is 8. The monoisotopic (exact) mass is 388 g/mol. The minimum absolute atomic E-state index is 0.0248. The van der Waals surface area contributed by atoms with Crippen molar-refractivity contribution < 1.29 is 14.6 Å². The van der Waals surface area contributed by atoms with Crippen molar-refractivity contribution >= 4 is 17.6 Å². The number of phenolic OH excluding ortho intramolecular Hbond substituents is 1. The Morgan fingerprint density at radius 2 is 1.82 bits per heavy atom. The van der Waals surface area contributed by atoms with E-state index in [1.54, 1.807) is 42.5 Å². The maximum Gasteiger partial charge on any atom is 0.231 e. The topological polar surface area (TPSA) is 125 Å². The van der Waals surface area contributed by atoms with Crippen molar-refractivity contribution in [2.75, 3.05) is 12.5 Å². The first-order valence-electron chi connectivity index (χ1n) is 8.11. The summed E-state index contributed by atoms with van der Waals surface area (Å²) in [7, 11) is 0. The number of nitrogens with zero attached hydrogens (tertiary/aromatic N) is 3. The van der Waals surface area contributed by atoms with Gasteiger partial charge in [-0.25, -0.2) is 4.98 Å². The Bertz CT molecular complexity index is 1180. The van der Waals surface area contributed by atoms with Crippen LogP contribution in [0, 0.1) is 22.7 Å². The number of aromatic nitrogens is 1. The molecule has 0 fully saturated rings. The lowest BCUT2D eigenvalue weighted by molar-refractivity contribution is 0.174. The van der Waals surface area contributed by atoms with Crippen LogP contribution in [-0.2, 0) is 0 Å². The quantitative estimate of drug-likeness (QED) is 0.696. The number of nitrogens with two attached hydrogens (primary N) is 1. The van der Waals surface area contributed by atoms with Crippen molar-refractivity contribution in [3.8, 4) is 40.5 Å². The molecule has 0 radical (unpaired) electrons. The highest BCUT2D eigenvalue weighted by Crippen LogP contribution is 2.42. The van der Waals surface area contributed by atoms with Gasteiger partial charge >= 0.3 is 0 Å². The predicted octanol–water partition coefficient (Wildman–Crippen LogP) is 3.66. The first-order valence-corrected chi connectivity index (χ1v) is 8.93. The number of benzene rings is 2. The standard InChI is InChI=1S/C20H12N4O3S/c21-8-14-18(11-4-5-16-17(6-11)27-10-26-16)15(9-22)20(24-19(14)23)28-13-3-1-2-12(25)7-13/h1-7,25H,10H2,(H2,23,24). The first-order chi connectivity index (χ1) is 13.6. The van der Waals surface area contributed by atoms with Crippen LogP contribution < -0.4 is 15.2 Å². The number of fused-ring (bicyclic) bond motifs is 1. The molecule has 3 N–H and O–H groups in total. The molecular formula is C20H12N4O3S. The Kier molecular flexibility index (Phi) is 4.40. The zero-order valence-corrected chi connectivity index (χ0v) is 15.2. The minimum Gasteiger partial charge on any atom is -0.508 e. The maximum absolute atomic E-state index is 9.84. The second-order valence-corrected chi connectivity index (χ2v) is 6.88. The first kappa shape index (κ1) is 17.5. The van der Waals surface area contributed by atoms with Gasteiger partial charge in [0.05, 0.1) is 5.56 Å². The van der Waals surface area contributed by atoms with Crippen LogP contribution in [-0.4, -0.2) is 16.9 Å². The molecule has 2 aromatic carbocycles. The van der Waals surface area contributed by atoms with E-state index in [0.29, 0.717) is 32.5 Å². The van der Waals surface area contributed by atoms with Gasteiger partial charge in [0.25, 0.3) is 0 Å². The molecule has 1 aliphatic heterocycles. The van der Waals surface area contributed by atoms with Gasteiger partial charge in [0.15, 0.2) is 11.5 Å². The van der Waals surface area contributed by atoms with Crippen molar-refractivity contribution in [2.24, 2.45) is 0 Å². The van der Waals surface area contributed by atoms with Gasteiger partial charge in [-0.2, -0.15) is 10.5 Å². The number of aromatic hydroxyl groups is 1. The van der Waals surface area contributed by atoms with E-state index in [9.17, 15) is 15.6 Å². The fraction of sp³-hybridized carbons (Fsp3) is 0.0500. The Labute approximate surface area is 164 Å². The summed E-state index contributed by atoms with van der Waals surface area (Å²) >= 11 is 1.18. The highest BCUT2D eigenvalue weighted by molar-refractivity contribution is 7.99. The summed E-state index contributed by atoms with van der Waals surface area (Å²) in [6.07, 6.45) is 0. The van der Waals surface area contributed by atoms with Gasteiger partial charge in [-0.3, -0.25) is 0 Å². The number of anilines is 1. The van der Waals surface area contributed by atoms with Crippen LogP contribution in [0.1, 0.15) is 11.1 Å². The van der Waals surface area contributed by atoms with Crippen molar-refractivity contribution in [3.63, 3.8) is 0 Å². The van der Waals surface area contributed by atoms with Crippen LogP contribution in [0.15, 0.2) is 52.4 Å². The average molecular weight is 388 g/mol. The van der Waals surface area contributed by atoms with Crippen LogP contribution in [0.4, 0.5) is 5.82 Å². The normalized spacial score (nSPS) is 11.6. The summed E-state index contributed by atoms with van der Waals surface area (Å²) in [6, 6.07) is 15.9. The van der Waals surface area contributed by atoms with E-state index in [2.05, 4.69) is 11.1 Å². The number of pyridine rings is 1. The predicted molar refractivity (Wildman–Crippen MR) is 102 cm³/mol. The molecule has 136 valence electrons. The number of phenols is 1. The van der Waals surface area contributed by atoms with Crippen LogP contribution in [0.3, 0.4) is 0 Å². The van der Waals surface area contributed by atoms with E-state index in [4.69, 9.17) is 15.2 Å². The second-order valence-electron chi connectivity index (χ2n) is 5.82. The lowest BCUT2D eigenvalue weighted by Gasteiger charge is -2.13. The molecule has 1 aliphatic rings. The van der Waals surface area contributed by atoms with E-state index < -0.39 is 0 Å². The van der Waals surface area contributed by atoms with Gasteiger partial charge < -0.3 is 20.3 Å². The van der Waals surface area contributed by atoms with Crippen LogP contribution >= 0.6 is 11.8 Å². The largest absolute Gasteiger partial charge is 0.508 e. The van der Waals surface area contributed by atoms with Gasteiger partial charge in [-0.15, -0.1) is 0 Å². The van der Waals surface area contributed by atoms with Gasteiger partial charge in [-0.05, 0) is 35.9 Å². The van der Waals surface area contributed by atoms with E-state index >= 15 is 0 Å². The summed E-state index contributed by atoms with van der Waals surface area (Å²) in [5.41, 5.74) is 7.36. The average Bonchev–Trinajstić information content (AvgIpc) is 3.15. The molecule has 0 spiro atoms. The second kappa shape index (κ2) is 7.03. The number of nitriles is 2. The lowest BCUT2D eigenvalue weighted by atomic mass is 9.96. The zero-order valence-electron chi connectivity index (χ0n) is 14.3. The molecule has 0 unspecified atom stereocenters. The van der Waals surface area contributed by atoms with Crippen LogP contribution in [0.2, 0.25) is 0 Å². The third-order valence-corrected chi connectivity index (χ3v) is 5.09. The molecule has 1 aromatic heterocycles. The smallest absolute Gasteiger partial charge is 0.231 e. The molecular weight excluding hydrogens is 376 g/mol. The molecule has 0 bridgehead atoms. The van der Waals surface area contributed by atoms with Gasteiger partial charge in [0.2, 0.25) is 6.79 Å². The highest BCUT2D eigenvalue weighted by atomic mass is 32.2. The molecule has 3 aromatic rings. The van der Waals surface area contributed by atoms with Gasteiger partial charge in [0, 0.05) is 10.5 Å². The van der Waals surface area contributed by atoms with Crippen molar-refractivity contribution in [2.45, 2.75) is 9.92 Å². The molecule has 28 heavy (non-hydrogen) atoms. The molecule has 4 rings (SSSR count). The van der Waals surface area contributed by atoms with Gasteiger partial charge in [0.1, 0.15) is 34.3 Å². The van der Waals surface area contributed by atoms with Gasteiger partial charge in [-0.1, -0.05) is 23.9 Å². The van der Waals surface area contributed by atoms with E-state index in [1.807, 2.05) is 6.07 Å². The third kappa shape index (κ3) is 3.02. The Morgan fingerprint density at radius 1 is 1.04 bits per heavy atom. The highest BCUT2D eigenvalue weighted by Gasteiger charge is 2.23. The van der Waals surface area contributed by atoms with E-state index in [0.717, 1.165) is 0 Å². The fourth-order valence-corrected chi connectivity index (χ4v) is 3.81. The summed E-state index contributed by atoms with van der Waals surface area (Å²) < 4.78 is 10.7. The molecule has 0 saturated heterocycles. The lowest BCUT2D eigenvalue weighted by Crippen LogP contribution is -2.03. The minimum atomic E-state index is 0.0248. The maximum atomic E-state index is 9.84. The molecule has 0 atom stereocenters. The fourth-order valence-electron chi connectivity index (χ4n) is 2.87. The van der Waals surface area contributed by atoms with Crippen molar-refractivity contribution in [1.29, 1.82) is 10.5 Å².